The minimum absolute atomic E-state index is 0.0152. The fraction of sp³-hybridized carbons (Fsp3) is 0.308. The van der Waals surface area contributed by atoms with Crippen LogP contribution in [0.15, 0.2) is 53.7 Å². The first kappa shape index (κ1) is 25.4. The van der Waals surface area contributed by atoms with Crippen molar-refractivity contribution in [2.75, 3.05) is 29.9 Å². The Balaban J connectivity index is 1.31. The first-order valence-corrected chi connectivity index (χ1v) is 12.5. The maximum atomic E-state index is 12.5. The third-order valence-electron chi connectivity index (χ3n) is 6.46. The lowest BCUT2D eigenvalue weighted by atomic mass is 10.1. The van der Waals surface area contributed by atoms with Crippen LogP contribution in [0.1, 0.15) is 24.1 Å². The number of aromatic nitrogens is 5. The number of carbonyl (C=O) groups is 1. The molecule has 0 amide bonds. The molecule has 1 aliphatic rings. The number of fused-ring (bicyclic) bond motifs is 1. The van der Waals surface area contributed by atoms with Gasteiger partial charge in [-0.2, -0.15) is 0 Å². The summed E-state index contributed by atoms with van der Waals surface area (Å²) < 4.78 is 6.64. The molecule has 3 aromatic heterocycles. The van der Waals surface area contributed by atoms with Gasteiger partial charge in [0.15, 0.2) is 12.4 Å². The molecule has 1 saturated heterocycles. The number of halogens is 1. The van der Waals surface area contributed by atoms with Gasteiger partial charge in [-0.05, 0) is 42.7 Å². The smallest absolute Gasteiger partial charge is 0.341 e. The van der Waals surface area contributed by atoms with Crippen LogP contribution in [0.5, 0.6) is 5.75 Å². The average Bonchev–Trinajstić information content (AvgIpc) is 2.92. The minimum atomic E-state index is -1.15. The summed E-state index contributed by atoms with van der Waals surface area (Å²) in [5.41, 5.74) is 1.93. The van der Waals surface area contributed by atoms with Crippen molar-refractivity contribution in [1.29, 1.82) is 0 Å². The Bertz CT molecular complexity index is 1520. The van der Waals surface area contributed by atoms with E-state index in [9.17, 15) is 9.59 Å². The molecule has 0 aliphatic carbocycles. The monoisotopic (exact) mass is 535 g/mol. The van der Waals surface area contributed by atoms with Crippen molar-refractivity contribution >= 4 is 40.4 Å². The predicted molar refractivity (Wildman–Crippen MR) is 143 cm³/mol. The highest BCUT2D eigenvalue weighted by Crippen LogP contribution is 2.25. The number of piperidine rings is 1. The van der Waals surface area contributed by atoms with E-state index in [0.29, 0.717) is 34.6 Å². The van der Waals surface area contributed by atoms with E-state index < -0.39 is 18.1 Å². The van der Waals surface area contributed by atoms with Crippen LogP contribution in [0.25, 0.3) is 10.9 Å². The van der Waals surface area contributed by atoms with Gasteiger partial charge in [-0.1, -0.05) is 17.7 Å². The number of nitrogens with zero attached hydrogens (tertiary/aromatic N) is 6. The first-order valence-electron chi connectivity index (χ1n) is 12.1. The third kappa shape index (κ3) is 5.67. The number of ether oxygens (including phenoxy) is 1. The molecule has 0 spiro atoms. The van der Waals surface area contributed by atoms with Gasteiger partial charge in [0.25, 0.3) is 5.56 Å². The topological polar surface area (TPSA) is 135 Å². The van der Waals surface area contributed by atoms with E-state index in [1.54, 1.807) is 37.8 Å². The van der Waals surface area contributed by atoms with Gasteiger partial charge >= 0.3 is 5.97 Å². The average molecular weight is 536 g/mol. The number of hydrogen-bond acceptors (Lipinski definition) is 9. The van der Waals surface area contributed by atoms with E-state index in [-0.39, 0.29) is 11.8 Å². The summed E-state index contributed by atoms with van der Waals surface area (Å²) in [7, 11) is 1.62. The normalized spacial score (nSPS) is 14.0. The number of rotatable bonds is 8. The third-order valence-corrected chi connectivity index (χ3v) is 6.77. The highest BCUT2D eigenvalue weighted by Gasteiger charge is 2.22. The van der Waals surface area contributed by atoms with Crippen molar-refractivity contribution in [3.8, 4) is 5.75 Å². The van der Waals surface area contributed by atoms with Gasteiger partial charge in [-0.15, -0.1) is 0 Å². The van der Waals surface area contributed by atoms with Gasteiger partial charge in [0.2, 0.25) is 11.9 Å². The summed E-state index contributed by atoms with van der Waals surface area (Å²) in [4.78, 5) is 43.3. The molecule has 12 heteroatoms. The number of carboxylic acid groups (broad SMARTS) is 1. The second kappa shape index (κ2) is 11.0. The molecule has 1 aromatic carbocycles. The lowest BCUT2D eigenvalue weighted by molar-refractivity contribution is -0.139. The SMILES string of the molecule is Cn1c(=O)c(OCC(=O)O)cc2cc(Cc3nc(N4CCC(Nc5ncccn5)CC4)ncc3Cl)ccc21. The van der Waals surface area contributed by atoms with Gasteiger partial charge in [0.1, 0.15) is 0 Å². The van der Waals surface area contributed by atoms with Gasteiger partial charge < -0.3 is 24.6 Å². The van der Waals surface area contributed by atoms with Crippen molar-refractivity contribution < 1.29 is 14.6 Å². The van der Waals surface area contributed by atoms with Crippen molar-refractivity contribution in [3.63, 3.8) is 0 Å². The number of nitrogens with one attached hydrogen (secondary N) is 1. The van der Waals surface area contributed by atoms with Crippen molar-refractivity contribution in [2.45, 2.75) is 25.3 Å². The molecule has 38 heavy (non-hydrogen) atoms. The summed E-state index contributed by atoms with van der Waals surface area (Å²) in [6.07, 6.45) is 7.32. The van der Waals surface area contributed by atoms with Gasteiger partial charge in [-0.3, -0.25) is 4.79 Å². The number of anilines is 2. The maximum Gasteiger partial charge on any atom is 0.341 e. The van der Waals surface area contributed by atoms with Crippen molar-refractivity contribution in [2.24, 2.45) is 7.05 Å². The molecule has 4 heterocycles. The molecule has 196 valence electrons. The fourth-order valence-electron chi connectivity index (χ4n) is 4.50. The van der Waals surface area contributed by atoms with Crippen LogP contribution in [0, 0.1) is 0 Å². The van der Waals surface area contributed by atoms with E-state index in [4.69, 9.17) is 26.4 Å². The highest BCUT2D eigenvalue weighted by molar-refractivity contribution is 6.31. The fourth-order valence-corrected chi connectivity index (χ4v) is 4.66. The van der Waals surface area contributed by atoms with E-state index in [0.717, 1.165) is 36.9 Å². The second-order valence-electron chi connectivity index (χ2n) is 9.07. The Morgan fingerprint density at radius 1 is 1.18 bits per heavy atom. The molecule has 0 radical (unpaired) electrons. The zero-order chi connectivity index (χ0) is 26.6. The van der Waals surface area contributed by atoms with Crippen molar-refractivity contribution in [1.82, 2.24) is 24.5 Å². The summed E-state index contributed by atoms with van der Waals surface area (Å²) >= 11 is 6.47. The molecule has 0 saturated carbocycles. The van der Waals surface area contributed by atoms with E-state index in [2.05, 4.69) is 25.2 Å². The largest absolute Gasteiger partial charge is 0.479 e. The van der Waals surface area contributed by atoms with Crippen LogP contribution in [0.2, 0.25) is 5.02 Å². The Morgan fingerprint density at radius 3 is 2.68 bits per heavy atom. The standard InChI is InChI=1S/C26H26ClN7O4/c1-33-21-4-3-16(11-17(21)13-22(24(33)37)38-15-23(35)36)12-20-19(27)14-30-26(32-20)34-9-5-18(6-10-34)31-25-28-7-2-8-29-25/h2-4,7-8,11,13-14,18H,5-6,9-10,12,15H2,1H3,(H,35,36)(H,28,29,31). The molecule has 2 N–H and O–H groups in total. The maximum absolute atomic E-state index is 12.5. The van der Waals surface area contributed by atoms with Gasteiger partial charge in [-0.25, -0.2) is 24.7 Å². The Kier molecular flexibility index (Phi) is 7.36. The molecule has 1 fully saturated rings. The number of aliphatic carboxylic acids is 1. The molecule has 1 aliphatic heterocycles. The molecule has 4 aromatic rings. The van der Waals surface area contributed by atoms with Crippen LogP contribution in [-0.2, 0) is 18.3 Å². The lowest BCUT2D eigenvalue weighted by Crippen LogP contribution is -2.40. The number of aryl methyl sites for hydroxylation is 1. The number of carboxylic acids is 1. The van der Waals surface area contributed by atoms with Crippen LogP contribution < -0.4 is 20.5 Å². The zero-order valence-corrected chi connectivity index (χ0v) is 21.4. The minimum Gasteiger partial charge on any atom is -0.479 e. The molecule has 0 atom stereocenters. The zero-order valence-electron chi connectivity index (χ0n) is 20.7. The second-order valence-corrected chi connectivity index (χ2v) is 9.48. The Morgan fingerprint density at radius 2 is 1.95 bits per heavy atom. The number of pyridine rings is 1. The molecule has 0 bridgehead atoms. The lowest BCUT2D eigenvalue weighted by Gasteiger charge is -2.32. The van der Waals surface area contributed by atoms with E-state index in [1.807, 2.05) is 18.2 Å². The van der Waals surface area contributed by atoms with Crippen LogP contribution in [0.4, 0.5) is 11.9 Å². The van der Waals surface area contributed by atoms with E-state index >= 15 is 0 Å². The molecular formula is C26H26ClN7O4. The Labute approximate surface area is 223 Å². The van der Waals surface area contributed by atoms with Crippen LogP contribution in [-0.4, -0.2) is 61.3 Å². The van der Waals surface area contributed by atoms with Crippen molar-refractivity contribution in [3.05, 3.63) is 75.6 Å². The quantitative estimate of drug-likeness (QED) is 0.346. The molecular weight excluding hydrogens is 510 g/mol. The summed E-state index contributed by atoms with van der Waals surface area (Å²) in [5, 5.41) is 13.5. The number of benzene rings is 1. The Hall–Kier alpha value is -4.25. The summed E-state index contributed by atoms with van der Waals surface area (Å²) in [6, 6.07) is 9.31. The summed E-state index contributed by atoms with van der Waals surface area (Å²) in [6.45, 7) is 0.983. The number of hydrogen-bond donors (Lipinski definition) is 2. The molecule has 11 nitrogen and oxygen atoms in total. The molecule has 5 rings (SSSR count). The van der Waals surface area contributed by atoms with Gasteiger partial charge in [0, 0.05) is 50.4 Å². The van der Waals surface area contributed by atoms with Gasteiger partial charge in [0.05, 0.1) is 22.4 Å². The van der Waals surface area contributed by atoms with Crippen LogP contribution >= 0.6 is 11.6 Å². The van der Waals surface area contributed by atoms with Crippen LogP contribution in [0.3, 0.4) is 0 Å². The summed E-state index contributed by atoms with van der Waals surface area (Å²) in [5.74, 6) is 0.0952. The van der Waals surface area contributed by atoms with E-state index in [1.165, 1.54) is 4.57 Å². The first-order chi connectivity index (χ1) is 18.4. The predicted octanol–water partition coefficient (Wildman–Crippen LogP) is 2.91. The molecule has 0 unspecified atom stereocenters. The highest BCUT2D eigenvalue weighted by atomic mass is 35.5.